The van der Waals surface area contributed by atoms with Crippen molar-refractivity contribution in [1.29, 1.82) is 0 Å². The zero-order chi connectivity index (χ0) is 18.4. The summed E-state index contributed by atoms with van der Waals surface area (Å²) in [5.74, 6) is -1.08. The van der Waals surface area contributed by atoms with Gasteiger partial charge < -0.3 is 33.0 Å². The SMILES string of the molecule is CCO[Si](OCC)(OCC)C(CC)C(OCCOCCO)C(=O)O. The van der Waals surface area contributed by atoms with Crippen LogP contribution in [0.2, 0.25) is 5.54 Å². The summed E-state index contributed by atoms with van der Waals surface area (Å²) >= 11 is 0. The molecule has 0 aromatic heterocycles. The van der Waals surface area contributed by atoms with Gasteiger partial charge in [0.1, 0.15) is 0 Å². The minimum atomic E-state index is -3.21. The van der Waals surface area contributed by atoms with Gasteiger partial charge in [-0.3, -0.25) is 0 Å². The lowest BCUT2D eigenvalue weighted by Gasteiger charge is -2.37. The molecule has 2 atom stereocenters. The van der Waals surface area contributed by atoms with Gasteiger partial charge in [-0.1, -0.05) is 6.92 Å². The molecule has 0 heterocycles. The molecule has 24 heavy (non-hydrogen) atoms. The molecule has 0 aromatic rings. The van der Waals surface area contributed by atoms with Gasteiger partial charge in [0.05, 0.1) is 32.0 Å². The number of rotatable bonds is 16. The summed E-state index contributed by atoms with van der Waals surface area (Å²) in [7, 11) is -3.21. The number of hydrogen-bond donors (Lipinski definition) is 2. The molecule has 8 nitrogen and oxygen atoms in total. The molecule has 0 amide bonds. The smallest absolute Gasteiger partial charge is 0.479 e. The van der Waals surface area contributed by atoms with Crippen LogP contribution in [-0.4, -0.2) is 77.3 Å². The largest absolute Gasteiger partial charge is 0.507 e. The lowest BCUT2D eigenvalue weighted by atomic mass is 10.2. The van der Waals surface area contributed by atoms with Crippen LogP contribution in [0.1, 0.15) is 34.1 Å². The standard InChI is InChI=1S/C15H32O8Si/c1-5-13(24(21-6-2,22-7-3)23-8-4)14(15(17)18)20-12-11-19-10-9-16/h13-14,16H,5-12H2,1-4H3,(H,17,18). The Morgan fingerprint density at radius 1 is 0.958 bits per heavy atom. The summed E-state index contributed by atoms with van der Waals surface area (Å²) in [4.78, 5) is 11.7. The van der Waals surface area contributed by atoms with E-state index >= 15 is 0 Å². The highest BCUT2D eigenvalue weighted by Gasteiger charge is 2.54. The number of carboxylic acid groups (broad SMARTS) is 1. The molecule has 0 saturated carbocycles. The maximum atomic E-state index is 11.7. The lowest BCUT2D eigenvalue weighted by molar-refractivity contribution is -0.153. The van der Waals surface area contributed by atoms with Crippen LogP contribution >= 0.6 is 0 Å². The van der Waals surface area contributed by atoms with E-state index in [-0.39, 0.29) is 26.4 Å². The minimum Gasteiger partial charge on any atom is -0.479 e. The van der Waals surface area contributed by atoms with E-state index in [1.54, 1.807) is 0 Å². The van der Waals surface area contributed by atoms with Crippen LogP contribution in [-0.2, 0) is 27.5 Å². The van der Waals surface area contributed by atoms with E-state index < -0.39 is 26.4 Å². The molecule has 0 spiro atoms. The molecule has 0 saturated heterocycles. The van der Waals surface area contributed by atoms with Crippen LogP contribution < -0.4 is 0 Å². The number of carboxylic acids is 1. The van der Waals surface area contributed by atoms with Crippen molar-refractivity contribution in [2.45, 2.75) is 45.8 Å². The molecule has 0 aliphatic heterocycles. The molecule has 0 fully saturated rings. The third kappa shape index (κ3) is 7.56. The Balaban J connectivity index is 5.19. The Morgan fingerprint density at radius 2 is 1.50 bits per heavy atom. The van der Waals surface area contributed by atoms with Crippen LogP contribution in [0.25, 0.3) is 0 Å². The molecule has 0 rings (SSSR count). The van der Waals surface area contributed by atoms with Crippen LogP contribution in [0.5, 0.6) is 0 Å². The number of aliphatic carboxylic acids is 1. The third-order valence-corrected chi connectivity index (χ3v) is 6.99. The van der Waals surface area contributed by atoms with E-state index in [4.69, 9.17) is 27.9 Å². The summed E-state index contributed by atoms with van der Waals surface area (Å²) in [5.41, 5.74) is -0.521. The Labute approximate surface area is 145 Å². The summed E-state index contributed by atoms with van der Waals surface area (Å²) in [6.07, 6.45) is -0.621. The van der Waals surface area contributed by atoms with Gasteiger partial charge in [-0.25, -0.2) is 4.79 Å². The van der Waals surface area contributed by atoms with Gasteiger partial charge in [0.25, 0.3) is 0 Å². The van der Waals surface area contributed by atoms with Crippen molar-refractivity contribution in [3.05, 3.63) is 0 Å². The van der Waals surface area contributed by atoms with Crippen LogP contribution in [0.4, 0.5) is 0 Å². The van der Waals surface area contributed by atoms with Gasteiger partial charge in [-0.2, -0.15) is 0 Å². The van der Waals surface area contributed by atoms with E-state index in [0.29, 0.717) is 26.2 Å². The zero-order valence-electron chi connectivity index (χ0n) is 15.2. The third-order valence-electron chi connectivity index (χ3n) is 3.30. The Bertz CT molecular complexity index is 312. The highest BCUT2D eigenvalue weighted by atomic mass is 28.4. The van der Waals surface area contributed by atoms with Crippen molar-refractivity contribution in [3.8, 4) is 0 Å². The molecule has 0 aromatic carbocycles. The monoisotopic (exact) mass is 368 g/mol. The summed E-state index contributed by atoms with van der Waals surface area (Å²) in [5, 5.41) is 18.3. The average molecular weight is 368 g/mol. The fourth-order valence-electron chi connectivity index (χ4n) is 2.46. The Kier molecular flexibility index (Phi) is 13.4. The van der Waals surface area contributed by atoms with Crippen molar-refractivity contribution >= 4 is 14.8 Å². The molecule has 2 unspecified atom stereocenters. The first-order valence-electron chi connectivity index (χ1n) is 8.47. The number of aliphatic hydroxyl groups excluding tert-OH is 1. The van der Waals surface area contributed by atoms with Gasteiger partial charge in [0, 0.05) is 19.8 Å². The van der Waals surface area contributed by atoms with E-state index in [0.717, 1.165) is 0 Å². The molecule has 0 radical (unpaired) electrons. The van der Waals surface area contributed by atoms with Gasteiger partial charge in [0.2, 0.25) is 0 Å². The van der Waals surface area contributed by atoms with Gasteiger partial charge in [-0.05, 0) is 27.2 Å². The van der Waals surface area contributed by atoms with Crippen molar-refractivity contribution in [3.63, 3.8) is 0 Å². The number of aliphatic hydroxyl groups is 1. The van der Waals surface area contributed by atoms with Crippen molar-refractivity contribution in [2.24, 2.45) is 0 Å². The van der Waals surface area contributed by atoms with Gasteiger partial charge in [0.15, 0.2) is 6.10 Å². The summed E-state index contributed by atoms with van der Waals surface area (Å²) in [6.45, 7) is 8.85. The summed E-state index contributed by atoms with van der Waals surface area (Å²) in [6, 6.07) is 0. The maximum Gasteiger partial charge on any atom is 0.507 e. The second-order valence-corrected chi connectivity index (χ2v) is 7.70. The first-order chi connectivity index (χ1) is 11.5. The second kappa shape index (κ2) is 13.7. The predicted molar refractivity (Wildman–Crippen MR) is 90.0 cm³/mol. The molecule has 0 aliphatic carbocycles. The minimum absolute atomic E-state index is 0.0883. The molecular weight excluding hydrogens is 336 g/mol. The van der Waals surface area contributed by atoms with Crippen LogP contribution in [0.15, 0.2) is 0 Å². The first kappa shape index (κ1) is 23.4. The fraction of sp³-hybridized carbons (Fsp3) is 0.933. The molecule has 0 aliphatic rings. The van der Waals surface area contributed by atoms with Gasteiger partial charge in [-0.15, -0.1) is 0 Å². The average Bonchev–Trinajstić information content (AvgIpc) is 2.54. The molecular formula is C15H32O8Si. The molecule has 0 bridgehead atoms. The van der Waals surface area contributed by atoms with E-state index in [1.165, 1.54) is 0 Å². The molecule has 2 N–H and O–H groups in total. The normalized spacial score (nSPS) is 14.5. The Hall–Kier alpha value is -0.553. The molecule has 144 valence electrons. The zero-order valence-corrected chi connectivity index (χ0v) is 16.2. The second-order valence-electron chi connectivity index (χ2n) is 4.88. The maximum absolute atomic E-state index is 11.7. The lowest BCUT2D eigenvalue weighted by Crippen LogP contribution is -2.55. The van der Waals surface area contributed by atoms with Crippen LogP contribution in [0.3, 0.4) is 0 Å². The quantitative estimate of drug-likeness (QED) is 0.310. The first-order valence-corrected chi connectivity index (χ1v) is 10.3. The Morgan fingerprint density at radius 3 is 1.88 bits per heavy atom. The van der Waals surface area contributed by atoms with Crippen molar-refractivity contribution in [2.75, 3.05) is 46.2 Å². The number of carbonyl (C=O) groups is 1. The van der Waals surface area contributed by atoms with E-state index in [1.807, 2.05) is 27.7 Å². The van der Waals surface area contributed by atoms with E-state index in [2.05, 4.69) is 0 Å². The van der Waals surface area contributed by atoms with E-state index in [9.17, 15) is 9.90 Å². The highest BCUT2D eigenvalue weighted by molar-refractivity contribution is 6.63. The van der Waals surface area contributed by atoms with Gasteiger partial charge >= 0.3 is 14.8 Å². The van der Waals surface area contributed by atoms with Crippen molar-refractivity contribution in [1.82, 2.24) is 0 Å². The highest BCUT2D eigenvalue weighted by Crippen LogP contribution is 2.34. The predicted octanol–water partition coefficient (Wildman–Crippen LogP) is 1.29. The fourth-order valence-corrected chi connectivity index (χ4v) is 5.67. The topological polar surface area (TPSA) is 104 Å². The van der Waals surface area contributed by atoms with Crippen molar-refractivity contribution < 1.29 is 37.8 Å². The van der Waals surface area contributed by atoms with Crippen LogP contribution in [0, 0.1) is 0 Å². The molecule has 9 heteroatoms. The number of ether oxygens (including phenoxy) is 2. The summed E-state index contributed by atoms with van der Waals surface area (Å²) < 4.78 is 28.1. The number of hydrogen-bond acceptors (Lipinski definition) is 7.